The molecule has 4 aliphatic rings. The molecule has 170 valence electrons. The van der Waals surface area contributed by atoms with Gasteiger partial charge in [-0.15, -0.1) is 0 Å². The largest absolute Gasteiger partial charge is 0.0845 e. The van der Waals surface area contributed by atoms with E-state index < -0.39 is 0 Å². The van der Waals surface area contributed by atoms with Crippen LogP contribution in [0.2, 0.25) is 0 Å². The lowest BCUT2D eigenvalue weighted by Crippen LogP contribution is -2.50. The van der Waals surface area contributed by atoms with Crippen LogP contribution in [0.4, 0.5) is 0 Å². The summed E-state index contributed by atoms with van der Waals surface area (Å²) in [6.45, 7) is 12.6. The summed E-state index contributed by atoms with van der Waals surface area (Å²) >= 11 is 0. The smallest absolute Gasteiger partial charge is 0.00853 e. The molecule has 0 radical (unpaired) electrons. The molecule has 0 saturated heterocycles. The average molecular weight is 419 g/mol. The second-order valence-electron chi connectivity index (χ2n) is 12.6. The van der Waals surface area contributed by atoms with Crippen LogP contribution in [-0.2, 0) is 6.42 Å². The Morgan fingerprint density at radius 1 is 0.968 bits per heavy atom. The van der Waals surface area contributed by atoms with E-state index in [-0.39, 0.29) is 0 Å². The molecule has 7 atom stereocenters. The molecule has 7 unspecified atom stereocenters. The van der Waals surface area contributed by atoms with E-state index in [1.807, 2.05) is 5.57 Å². The van der Waals surface area contributed by atoms with E-state index in [0.29, 0.717) is 10.8 Å². The van der Waals surface area contributed by atoms with Crippen LogP contribution in [-0.4, -0.2) is 0 Å². The van der Waals surface area contributed by atoms with Crippen LogP contribution >= 0.6 is 0 Å². The van der Waals surface area contributed by atoms with Gasteiger partial charge in [-0.1, -0.05) is 57.0 Å². The Morgan fingerprint density at radius 2 is 1.74 bits per heavy atom. The summed E-state index contributed by atoms with van der Waals surface area (Å²) < 4.78 is 0. The van der Waals surface area contributed by atoms with Crippen LogP contribution in [0.3, 0.4) is 0 Å². The Bertz CT molecular complexity index is 825. The zero-order valence-electron chi connectivity index (χ0n) is 21.0. The number of aryl methyl sites for hydroxylation is 2. The summed E-state index contributed by atoms with van der Waals surface area (Å²) in [5, 5.41) is 0. The third-order valence-corrected chi connectivity index (χ3v) is 11.3. The lowest BCUT2D eigenvalue weighted by molar-refractivity contribution is -0.0498. The number of hydrogen-bond acceptors (Lipinski definition) is 0. The molecule has 0 spiro atoms. The molecule has 1 aromatic rings. The molecule has 31 heavy (non-hydrogen) atoms. The van der Waals surface area contributed by atoms with E-state index in [1.54, 1.807) is 5.56 Å². The summed E-state index contributed by atoms with van der Waals surface area (Å²) in [6, 6.07) is 6.82. The molecule has 0 nitrogen and oxygen atoms in total. The Hall–Kier alpha value is -1.04. The topological polar surface area (TPSA) is 0 Å². The van der Waals surface area contributed by atoms with E-state index >= 15 is 0 Å². The highest BCUT2D eigenvalue weighted by molar-refractivity contribution is 5.33. The zero-order valence-corrected chi connectivity index (χ0v) is 21.0. The van der Waals surface area contributed by atoms with Crippen molar-refractivity contribution in [1.82, 2.24) is 0 Å². The normalized spacial score (nSPS) is 40.5. The van der Waals surface area contributed by atoms with Crippen LogP contribution < -0.4 is 0 Å². The van der Waals surface area contributed by atoms with Crippen molar-refractivity contribution in [2.24, 2.45) is 40.4 Å². The Morgan fingerprint density at radius 3 is 2.52 bits per heavy atom. The summed E-state index contributed by atoms with van der Waals surface area (Å²) in [4.78, 5) is 0. The van der Waals surface area contributed by atoms with Gasteiger partial charge in [0.05, 0.1) is 0 Å². The van der Waals surface area contributed by atoms with Crippen LogP contribution in [0.5, 0.6) is 0 Å². The molecule has 0 bridgehead atoms. The second kappa shape index (κ2) is 8.07. The maximum atomic E-state index is 2.74. The first kappa shape index (κ1) is 21.8. The second-order valence-corrected chi connectivity index (χ2v) is 12.6. The average Bonchev–Trinajstić information content (AvgIpc) is 3.10. The lowest BCUT2D eigenvalue weighted by Gasteiger charge is -2.58. The van der Waals surface area contributed by atoms with Crippen molar-refractivity contribution in [2.45, 2.75) is 105 Å². The van der Waals surface area contributed by atoms with Gasteiger partial charge in [0.2, 0.25) is 0 Å². The highest BCUT2D eigenvalue weighted by atomic mass is 14.6. The van der Waals surface area contributed by atoms with Crippen molar-refractivity contribution >= 4 is 0 Å². The van der Waals surface area contributed by atoms with Crippen molar-refractivity contribution in [2.75, 3.05) is 0 Å². The predicted octanol–water partition coefficient (Wildman–Crippen LogP) is 8.84. The summed E-state index contributed by atoms with van der Waals surface area (Å²) in [7, 11) is 0. The Kier molecular flexibility index (Phi) is 5.67. The number of benzene rings is 1. The summed E-state index contributed by atoms with van der Waals surface area (Å²) in [5.41, 5.74) is 7.61. The number of hydrogen-bond donors (Lipinski definition) is 0. The standard InChI is InChI=1S/C31H46/c1-21-9-8-10-22(2)25(21)14-12-23(3)27-16-17-28-26-15-13-24-11-6-7-19-30(24,4)29(26)18-20-31(27,28)5/h8-10,13,23,26-29H,6-7,11-12,14-20H2,1-5H3. The van der Waals surface area contributed by atoms with Gasteiger partial charge in [-0.05, 0) is 135 Å². The van der Waals surface area contributed by atoms with E-state index in [4.69, 9.17) is 0 Å². The molecule has 3 saturated carbocycles. The van der Waals surface area contributed by atoms with Gasteiger partial charge >= 0.3 is 0 Å². The van der Waals surface area contributed by atoms with E-state index in [2.05, 4.69) is 58.9 Å². The number of allylic oxidation sites excluding steroid dienone is 2. The minimum atomic E-state index is 0.550. The predicted molar refractivity (Wildman–Crippen MR) is 133 cm³/mol. The fraction of sp³-hybridized carbons (Fsp3) is 0.742. The van der Waals surface area contributed by atoms with Gasteiger partial charge in [-0.2, -0.15) is 0 Å². The first-order valence-electron chi connectivity index (χ1n) is 13.6. The minimum Gasteiger partial charge on any atom is -0.0845 e. The summed E-state index contributed by atoms with van der Waals surface area (Å²) in [5.74, 6) is 4.73. The van der Waals surface area contributed by atoms with E-state index in [0.717, 1.165) is 29.6 Å². The van der Waals surface area contributed by atoms with Crippen molar-refractivity contribution in [1.29, 1.82) is 0 Å². The van der Waals surface area contributed by atoms with E-state index in [9.17, 15) is 0 Å². The molecular formula is C31H46. The molecule has 0 heteroatoms. The molecule has 1 aromatic carbocycles. The monoisotopic (exact) mass is 418 g/mol. The quantitative estimate of drug-likeness (QED) is 0.428. The van der Waals surface area contributed by atoms with Crippen molar-refractivity contribution < 1.29 is 0 Å². The Labute approximate surface area is 192 Å². The molecular weight excluding hydrogens is 372 g/mol. The maximum absolute atomic E-state index is 2.74. The Balaban J connectivity index is 1.32. The third kappa shape index (κ3) is 3.46. The van der Waals surface area contributed by atoms with Crippen molar-refractivity contribution in [3.8, 4) is 0 Å². The first-order chi connectivity index (χ1) is 14.8. The van der Waals surface area contributed by atoms with Gasteiger partial charge in [0, 0.05) is 0 Å². The summed E-state index contributed by atoms with van der Waals surface area (Å²) in [6.07, 6.45) is 18.6. The fourth-order valence-corrected chi connectivity index (χ4v) is 9.49. The lowest BCUT2D eigenvalue weighted by atomic mass is 9.47. The van der Waals surface area contributed by atoms with Gasteiger partial charge < -0.3 is 0 Å². The first-order valence-corrected chi connectivity index (χ1v) is 13.6. The molecule has 0 aliphatic heterocycles. The van der Waals surface area contributed by atoms with Crippen LogP contribution in [0, 0.1) is 54.3 Å². The van der Waals surface area contributed by atoms with E-state index in [1.165, 1.54) is 81.8 Å². The zero-order chi connectivity index (χ0) is 21.8. The molecule has 3 fully saturated rings. The van der Waals surface area contributed by atoms with Crippen molar-refractivity contribution in [3.63, 3.8) is 0 Å². The van der Waals surface area contributed by atoms with Gasteiger partial charge in [-0.25, -0.2) is 0 Å². The van der Waals surface area contributed by atoms with Gasteiger partial charge in [-0.3, -0.25) is 0 Å². The number of fused-ring (bicyclic) bond motifs is 5. The van der Waals surface area contributed by atoms with Gasteiger partial charge in [0.15, 0.2) is 0 Å². The molecule has 0 heterocycles. The molecule has 0 amide bonds. The van der Waals surface area contributed by atoms with Gasteiger partial charge in [0.1, 0.15) is 0 Å². The van der Waals surface area contributed by atoms with Crippen LogP contribution in [0.15, 0.2) is 29.8 Å². The molecule has 4 aliphatic carbocycles. The molecule has 0 N–H and O–H groups in total. The van der Waals surface area contributed by atoms with Crippen LogP contribution in [0.1, 0.15) is 102 Å². The maximum Gasteiger partial charge on any atom is -0.00853 e. The van der Waals surface area contributed by atoms with Gasteiger partial charge in [0.25, 0.3) is 0 Å². The highest BCUT2D eigenvalue weighted by Gasteiger charge is 2.58. The SMILES string of the molecule is Cc1cccc(C)c1CCC(C)C1CCC2C3CC=C4CCCCC4(C)C3CCC12C. The number of rotatable bonds is 4. The van der Waals surface area contributed by atoms with Crippen LogP contribution in [0.25, 0.3) is 0 Å². The highest BCUT2D eigenvalue weighted by Crippen LogP contribution is 2.67. The minimum absolute atomic E-state index is 0.550. The molecule has 5 rings (SSSR count). The van der Waals surface area contributed by atoms with Crippen molar-refractivity contribution in [3.05, 3.63) is 46.5 Å². The third-order valence-electron chi connectivity index (χ3n) is 11.3. The molecule has 0 aromatic heterocycles. The fourth-order valence-electron chi connectivity index (χ4n) is 9.49.